The fourth-order valence-electron chi connectivity index (χ4n) is 4.10. The van der Waals surface area contributed by atoms with Crippen LogP contribution in [-0.4, -0.2) is 45.2 Å². The number of hydrogen-bond acceptors (Lipinski definition) is 4. The van der Waals surface area contributed by atoms with Gasteiger partial charge in [0.05, 0.1) is 12.8 Å². The molecule has 2 N–H and O–H groups in total. The zero-order valence-corrected chi connectivity index (χ0v) is 17.9. The molecule has 0 saturated carbocycles. The van der Waals surface area contributed by atoms with Crippen LogP contribution in [0, 0.1) is 11.8 Å². The molecular formula is C20H33Cl2N3O2. The number of ether oxygens (including phenoxy) is 1. The lowest BCUT2D eigenvalue weighted by Gasteiger charge is -2.28. The van der Waals surface area contributed by atoms with Crippen LogP contribution in [-0.2, 0) is 4.79 Å². The van der Waals surface area contributed by atoms with Gasteiger partial charge in [-0.05, 0) is 56.3 Å². The first-order chi connectivity index (χ1) is 12.2. The van der Waals surface area contributed by atoms with Crippen molar-refractivity contribution in [3.05, 3.63) is 24.3 Å². The molecule has 0 aromatic heterocycles. The van der Waals surface area contributed by atoms with E-state index >= 15 is 0 Å². The van der Waals surface area contributed by atoms with E-state index in [0.29, 0.717) is 18.3 Å². The number of carbonyl (C=O) groups excluding carboxylic acids is 1. The molecule has 2 aliphatic heterocycles. The highest BCUT2D eigenvalue weighted by atomic mass is 35.5. The summed E-state index contributed by atoms with van der Waals surface area (Å²) >= 11 is 0. The van der Waals surface area contributed by atoms with Crippen LogP contribution in [0.4, 0.5) is 5.69 Å². The van der Waals surface area contributed by atoms with Crippen LogP contribution < -0.4 is 20.3 Å². The van der Waals surface area contributed by atoms with Crippen molar-refractivity contribution in [1.82, 2.24) is 10.6 Å². The van der Waals surface area contributed by atoms with Gasteiger partial charge in [-0.1, -0.05) is 19.1 Å². The van der Waals surface area contributed by atoms with Gasteiger partial charge in [0.1, 0.15) is 5.75 Å². The monoisotopic (exact) mass is 417 g/mol. The Morgan fingerprint density at radius 1 is 1.33 bits per heavy atom. The molecule has 2 fully saturated rings. The average molecular weight is 418 g/mol. The van der Waals surface area contributed by atoms with E-state index in [0.717, 1.165) is 44.0 Å². The number of methoxy groups -OCH3 is 1. The normalized spacial score (nSPS) is 23.0. The molecule has 0 spiro atoms. The van der Waals surface area contributed by atoms with Crippen LogP contribution in [0.5, 0.6) is 5.75 Å². The molecule has 1 amide bonds. The van der Waals surface area contributed by atoms with Crippen molar-refractivity contribution in [2.45, 2.75) is 38.6 Å². The van der Waals surface area contributed by atoms with Crippen LogP contribution in [0.3, 0.4) is 0 Å². The molecule has 0 aliphatic carbocycles. The maximum absolute atomic E-state index is 12.4. The predicted molar refractivity (Wildman–Crippen MR) is 116 cm³/mol. The first-order valence-corrected chi connectivity index (χ1v) is 9.55. The van der Waals surface area contributed by atoms with Crippen LogP contribution in [0.15, 0.2) is 24.3 Å². The fraction of sp³-hybridized carbons (Fsp3) is 0.650. The van der Waals surface area contributed by atoms with E-state index in [1.54, 1.807) is 7.11 Å². The van der Waals surface area contributed by atoms with Gasteiger partial charge in [0.15, 0.2) is 0 Å². The fourth-order valence-corrected chi connectivity index (χ4v) is 4.10. The first-order valence-electron chi connectivity index (χ1n) is 9.55. The molecule has 0 radical (unpaired) electrons. The maximum Gasteiger partial charge on any atom is 0.220 e. The molecule has 1 aromatic rings. The van der Waals surface area contributed by atoms with Crippen LogP contribution in [0.25, 0.3) is 0 Å². The van der Waals surface area contributed by atoms with Crippen molar-refractivity contribution in [2.75, 3.05) is 38.2 Å². The van der Waals surface area contributed by atoms with Gasteiger partial charge in [0.25, 0.3) is 0 Å². The van der Waals surface area contributed by atoms with E-state index < -0.39 is 0 Å². The summed E-state index contributed by atoms with van der Waals surface area (Å²) < 4.78 is 5.46. The van der Waals surface area contributed by atoms with Crippen molar-refractivity contribution in [2.24, 2.45) is 11.8 Å². The summed E-state index contributed by atoms with van der Waals surface area (Å²) in [4.78, 5) is 14.7. The molecule has 3 rings (SSSR count). The lowest BCUT2D eigenvalue weighted by Crippen LogP contribution is -2.40. The molecule has 1 aromatic carbocycles. The van der Waals surface area contributed by atoms with Crippen LogP contribution >= 0.6 is 24.8 Å². The van der Waals surface area contributed by atoms with Crippen molar-refractivity contribution >= 4 is 36.4 Å². The predicted octanol–water partition coefficient (Wildman–Crippen LogP) is 3.26. The number of rotatable bonds is 6. The Kier molecular flexibility index (Phi) is 10.3. The van der Waals surface area contributed by atoms with E-state index in [-0.39, 0.29) is 36.8 Å². The Morgan fingerprint density at radius 2 is 2.11 bits per heavy atom. The Balaban J connectivity index is 0.00000182. The van der Waals surface area contributed by atoms with E-state index in [2.05, 4.69) is 28.5 Å². The molecule has 7 heteroatoms. The molecule has 3 unspecified atom stereocenters. The summed E-state index contributed by atoms with van der Waals surface area (Å²) in [6.45, 7) is 6.20. The highest BCUT2D eigenvalue weighted by Gasteiger charge is 2.27. The number of nitrogens with one attached hydrogen (secondary N) is 2. The lowest BCUT2D eigenvalue weighted by molar-refractivity contribution is -0.122. The number of para-hydroxylation sites is 2. The highest BCUT2D eigenvalue weighted by molar-refractivity contribution is 5.85. The van der Waals surface area contributed by atoms with Crippen LogP contribution in [0.1, 0.15) is 32.6 Å². The Bertz CT molecular complexity index is 582. The lowest BCUT2D eigenvalue weighted by atomic mass is 9.85. The molecule has 2 aliphatic rings. The van der Waals surface area contributed by atoms with Crippen molar-refractivity contribution in [3.63, 3.8) is 0 Å². The van der Waals surface area contributed by atoms with Gasteiger partial charge in [0.2, 0.25) is 5.91 Å². The third kappa shape index (κ3) is 6.44. The summed E-state index contributed by atoms with van der Waals surface area (Å²) in [5.41, 5.74) is 1.11. The third-order valence-electron chi connectivity index (χ3n) is 5.63. The van der Waals surface area contributed by atoms with Gasteiger partial charge >= 0.3 is 0 Å². The van der Waals surface area contributed by atoms with Gasteiger partial charge < -0.3 is 20.3 Å². The standard InChI is InChI=1S/C20H31N3O2.2ClH/c1-15(16-6-5-10-21-13-16)12-20(24)22-17-9-11-23(14-17)18-7-3-4-8-19(18)25-2;;/h3-4,7-8,15-17,21H,5-6,9-14H2,1-2H3,(H,22,24);2*1H. The first kappa shape index (κ1) is 23.9. The Hall–Kier alpha value is -1.17. The van der Waals surface area contributed by atoms with Crippen molar-refractivity contribution < 1.29 is 9.53 Å². The highest BCUT2D eigenvalue weighted by Crippen LogP contribution is 2.30. The summed E-state index contributed by atoms with van der Waals surface area (Å²) in [6.07, 6.45) is 4.10. The molecule has 3 atom stereocenters. The van der Waals surface area contributed by atoms with Gasteiger partial charge in [-0.25, -0.2) is 0 Å². The number of amides is 1. The summed E-state index contributed by atoms with van der Waals surface area (Å²) in [6, 6.07) is 8.32. The van der Waals surface area contributed by atoms with E-state index in [1.165, 1.54) is 12.8 Å². The topological polar surface area (TPSA) is 53.6 Å². The van der Waals surface area contributed by atoms with Gasteiger partial charge in [-0.2, -0.15) is 0 Å². The number of nitrogens with zero attached hydrogens (tertiary/aromatic N) is 1. The molecule has 5 nitrogen and oxygen atoms in total. The minimum atomic E-state index is 0. The second kappa shape index (κ2) is 11.6. The summed E-state index contributed by atoms with van der Waals surface area (Å²) in [5.74, 6) is 2.17. The number of benzene rings is 1. The minimum absolute atomic E-state index is 0. The number of hydrogen-bond donors (Lipinski definition) is 2. The summed E-state index contributed by atoms with van der Waals surface area (Å²) in [7, 11) is 1.70. The van der Waals surface area contributed by atoms with Crippen molar-refractivity contribution in [1.29, 1.82) is 0 Å². The van der Waals surface area contributed by atoms with Crippen molar-refractivity contribution in [3.8, 4) is 5.75 Å². The smallest absolute Gasteiger partial charge is 0.220 e. The Labute approximate surface area is 175 Å². The molecule has 0 bridgehead atoms. The summed E-state index contributed by atoms with van der Waals surface area (Å²) in [5, 5.41) is 6.69. The minimum Gasteiger partial charge on any atom is -0.495 e. The molecule has 27 heavy (non-hydrogen) atoms. The van der Waals surface area contributed by atoms with E-state index in [4.69, 9.17) is 4.74 Å². The number of piperidine rings is 1. The number of carbonyl (C=O) groups is 1. The molecule has 2 heterocycles. The number of anilines is 1. The van der Waals surface area contributed by atoms with Crippen LogP contribution in [0.2, 0.25) is 0 Å². The SMILES string of the molecule is COc1ccccc1N1CCC(NC(=O)CC(C)C2CCCNC2)C1.Cl.Cl. The van der Waals surface area contributed by atoms with Gasteiger partial charge in [0, 0.05) is 25.6 Å². The quantitative estimate of drug-likeness (QED) is 0.745. The third-order valence-corrected chi connectivity index (χ3v) is 5.63. The van der Waals surface area contributed by atoms with Gasteiger partial charge in [-0.15, -0.1) is 24.8 Å². The van der Waals surface area contributed by atoms with Gasteiger partial charge in [-0.3, -0.25) is 4.79 Å². The number of halogens is 2. The maximum atomic E-state index is 12.4. The average Bonchev–Trinajstić information content (AvgIpc) is 3.10. The van der Waals surface area contributed by atoms with E-state index in [9.17, 15) is 4.79 Å². The zero-order chi connectivity index (χ0) is 17.6. The largest absolute Gasteiger partial charge is 0.495 e. The molecular weight excluding hydrogens is 385 g/mol. The molecule has 154 valence electrons. The van der Waals surface area contributed by atoms with E-state index in [1.807, 2.05) is 18.2 Å². The zero-order valence-electron chi connectivity index (χ0n) is 16.3. The molecule has 2 saturated heterocycles. The second-order valence-electron chi connectivity index (χ2n) is 7.46. The second-order valence-corrected chi connectivity index (χ2v) is 7.46. The Morgan fingerprint density at radius 3 is 2.81 bits per heavy atom.